The molecule has 0 aliphatic heterocycles. The molecule has 0 aromatic rings. The third kappa shape index (κ3) is 3.91. The monoisotopic (exact) mass is 218 g/mol. The summed E-state index contributed by atoms with van der Waals surface area (Å²) in [5.41, 5.74) is -0.547. The van der Waals surface area contributed by atoms with E-state index < -0.39 is 11.4 Å². The van der Waals surface area contributed by atoms with Gasteiger partial charge in [-0.05, 0) is 37.2 Å². The lowest BCUT2D eigenvalue weighted by Gasteiger charge is -2.28. The van der Waals surface area contributed by atoms with Crippen molar-refractivity contribution in [1.29, 1.82) is 0 Å². The molecule has 0 aromatic heterocycles. The minimum Gasteiger partial charge on any atom is -0.481 e. The smallest absolute Gasteiger partial charge is 0.309 e. The van der Waals surface area contributed by atoms with Crippen LogP contribution in [0, 0.1) is 11.3 Å². The molecule has 0 rings (SSSR count). The SMILES string of the molecule is CCSCCCC(C)(C(=O)O)C(C)C. The molecule has 1 N–H and O–H groups in total. The fourth-order valence-electron chi connectivity index (χ4n) is 1.33. The van der Waals surface area contributed by atoms with Gasteiger partial charge in [-0.15, -0.1) is 0 Å². The predicted molar refractivity (Wildman–Crippen MR) is 62.8 cm³/mol. The van der Waals surface area contributed by atoms with Gasteiger partial charge in [-0.25, -0.2) is 0 Å². The van der Waals surface area contributed by atoms with Crippen LogP contribution in [0.4, 0.5) is 0 Å². The molecule has 0 saturated heterocycles. The average molecular weight is 218 g/mol. The van der Waals surface area contributed by atoms with Gasteiger partial charge in [-0.3, -0.25) is 4.79 Å². The van der Waals surface area contributed by atoms with Crippen molar-refractivity contribution in [2.75, 3.05) is 11.5 Å². The van der Waals surface area contributed by atoms with E-state index in [0.29, 0.717) is 0 Å². The van der Waals surface area contributed by atoms with Crippen molar-refractivity contribution in [3.63, 3.8) is 0 Å². The highest BCUT2D eigenvalue weighted by atomic mass is 32.2. The summed E-state index contributed by atoms with van der Waals surface area (Å²) in [6.45, 7) is 7.96. The van der Waals surface area contributed by atoms with Crippen LogP contribution in [0.2, 0.25) is 0 Å². The highest BCUT2D eigenvalue weighted by Crippen LogP contribution is 2.33. The Balaban J connectivity index is 4.05. The topological polar surface area (TPSA) is 37.3 Å². The number of hydrogen-bond donors (Lipinski definition) is 1. The Labute approximate surface area is 91.5 Å². The van der Waals surface area contributed by atoms with E-state index in [9.17, 15) is 4.79 Å². The number of carboxylic acids is 1. The summed E-state index contributed by atoms with van der Waals surface area (Å²) in [5.74, 6) is 1.73. The predicted octanol–water partition coefficient (Wildman–Crippen LogP) is 3.27. The summed E-state index contributed by atoms with van der Waals surface area (Å²) in [6, 6.07) is 0. The highest BCUT2D eigenvalue weighted by molar-refractivity contribution is 7.99. The van der Waals surface area contributed by atoms with Crippen LogP contribution in [0.1, 0.15) is 40.5 Å². The molecule has 14 heavy (non-hydrogen) atoms. The molecule has 0 aliphatic rings. The van der Waals surface area contributed by atoms with Crippen LogP contribution in [-0.4, -0.2) is 22.6 Å². The largest absolute Gasteiger partial charge is 0.481 e. The van der Waals surface area contributed by atoms with Gasteiger partial charge >= 0.3 is 5.97 Å². The Morgan fingerprint density at radius 2 is 2.07 bits per heavy atom. The molecule has 0 spiro atoms. The molecule has 0 radical (unpaired) electrons. The first kappa shape index (κ1) is 13.8. The molecule has 0 saturated carbocycles. The van der Waals surface area contributed by atoms with E-state index in [1.807, 2.05) is 32.5 Å². The maximum absolute atomic E-state index is 11.1. The number of rotatable bonds is 7. The van der Waals surface area contributed by atoms with Crippen LogP contribution in [0.15, 0.2) is 0 Å². The lowest BCUT2D eigenvalue weighted by Crippen LogP contribution is -2.33. The number of hydrogen-bond acceptors (Lipinski definition) is 2. The summed E-state index contributed by atoms with van der Waals surface area (Å²) >= 11 is 1.88. The van der Waals surface area contributed by atoms with Crippen molar-refractivity contribution in [3.05, 3.63) is 0 Å². The minimum absolute atomic E-state index is 0.201. The lowest BCUT2D eigenvalue weighted by atomic mass is 9.76. The Hall–Kier alpha value is -0.180. The first-order valence-corrected chi connectivity index (χ1v) is 6.41. The summed E-state index contributed by atoms with van der Waals surface area (Å²) < 4.78 is 0. The van der Waals surface area contributed by atoms with E-state index in [4.69, 9.17) is 5.11 Å². The Morgan fingerprint density at radius 1 is 1.50 bits per heavy atom. The Bertz CT molecular complexity index is 180. The summed E-state index contributed by atoms with van der Waals surface area (Å²) in [5, 5.41) is 9.15. The number of thioether (sulfide) groups is 1. The summed E-state index contributed by atoms with van der Waals surface area (Å²) in [4.78, 5) is 11.1. The van der Waals surface area contributed by atoms with E-state index >= 15 is 0 Å². The molecule has 84 valence electrons. The Morgan fingerprint density at radius 3 is 2.43 bits per heavy atom. The van der Waals surface area contributed by atoms with E-state index in [1.54, 1.807) is 0 Å². The van der Waals surface area contributed by atoms with Gasteiger partial charge in [0.2, 0.25) is 0 Å². The molecule has 1 atom stereocenters. The molecule has 0 aliphatic carbocycles. The summed E-state index contributed by atoms with van der Waals surface area (Å²) in [7, 11) is 0. The zero-order valence-corrected chi connectivity index (χ0v) is 10.5. The third-order valence-electron chi connectivity index (χ3n) is 2.95. The maximum Gasteiger partial charge on any atom is 0.309 e. The van der Waals surface area contributed by atoms with E-state index in [2.05, 4.69) is 6.92 Å². The van der Waals surface area contributed by atoms with Crippen LogP contribution in [0.5, 0.6) is 0 Å². The molecule has 0 bridgehead atoms. The first-order chi connectivity index (χ1) is 6.45. The fourth-order valence-corrected chi connectivity index (χ4v) is 1.97. The molecule has 0 heterocycles. The van der Waals surface area contributed by atoms with Crippen LogP contribution in [0.25, 0.3) is 0 Å². The van der Waals surface area contributed by atoms with Gasteiger partial charge < -0.3 is 5.11 Å². The molecule has 2 nitrogen and oxygen atoms in total. The van der Waals surface area contributed by atoms with Crippen LogP contribution in [-0.2, 0) is 4.79 Å². The number of aliphatic carboxylic acids is 1. The van der Waals surface area contributed by atoms with Crippen LogP contribution < -0.4 is 0 Å². The highest BCUT2D eigenvalue weighted by Gasteiger charge is 2.35. The molecular weight excluding hydrogens is 196 g/mol. The second-order valence-corrected chi connectivity index (χ2v) is 5.57. The van der Waals surface area contributed by atoms with Crippen molar-refractivity contribution < 1.29 is 9.90 Å². The minimum atomic E-state index is -0.658. The summed E-state index contributed by atoms with van der Waals surface area (Å²) in [6.07, 6.45) is 1.78. The fraction of sp³-hybridized carbons (Fsp3) is 0.909. The first-order valence-electron chi connectivity index (χ1n) is 5.26. The second kappa shape index (κ2) is 6.33. The van der Waals surface area contributed by atoms with Gasteiger partial charge in [0.15, 0.2) is 0 Å². The number of carboxylic acid groups (broad SMARTS) is 1. The van der Waals surface area contributed by atoms with E-state index in [1.165, 1.54) is 0 Å². The van der Waals surface area contributed by atoms with Crippen molar-refractivity contribution in [2.45, 2.75) is 40.5 Å². The standard InChI is InChI=1S/C11H22O2S/c1-5-14-8-6-7-11(4,9(2)3)10(12)13/h9H,5-8H2,1-4H3,(H,12,13). The van der Waals surface area contributed by atoms with Crippen molar-refractivity contribution >= 4 is 17.7 Å². The van der Waals surface area contributed by atoms with Gasteiger partial charge in [0.05, 0.1) is 5.41 Å². The molecule has 1 unspecified atom stereocenters. The van der Waals surface area contributed by atoms with Crippen LogP contribution in [0.3, 0.4) is 0 Å². The van der Waals surface area contributed by atoms with E-state index in [0.717, 1.165) is 24.3 Å². The molecule has 3 heteroatoms. The van der Waals surface area contributed by atoms with Gasteiger partial charge in [0.1, 0.15) is 0 Å². The van der Waals surface area contributed by atoms with Crippen molar-refractivity contribution in [2.24, 2.45) is 11.3 Å². The van der Waals surface area contributed by atoms with E-state index in [-0.39, 0.29) is 5.92 Å². The molecule has 0 amide bonds. The zero-order chi connectivity index (χ0) is 11.2. The number of carbonyl (C=O) groups is 1. The quantitative estimate of drug-likeness (QED) is 0.666. The average Bonchev–Trinajstić information content (AvgIpc) is 2.11. The normalized spacial score (nSPS) is 15.5. The molecule has 0 fully saturated rings. The van der Waals surface area contributed by atoms with Gasteiger partial charge in [0, 0.05) is 0 Å². The third-order valence-corrected chi connectivity index (χ3v) is 3.94. The van der Waals surface area contributed by atoms with Gasteiger partial charge in [0.25, 0.3) is 0 Å². The maximum atomic E-state index is 11.1. The van der Waals surface area contributed by atoms with Gasteiger partial charge in [-0.1, -0.05) is 20.8 Å². The van der Waals surface area contributed by atoms with Gasteiger partial charge in [-0.2, -0.15) is 11.8 Å². The second-order valence-electron chi connectivity index (χ2n) is 4.18. The Kier molecular flexibility index (Phi) is 6.25. The lowest BCUT2D eigenvalue weighted by molar-refractivity contribution is -0.151. The van der Waals surface area contributed by atoms with Crippen molar-refractivity contribution in [1.82, 2.24) is 0 Å². The zero-order valence-electron chi connectivity index (χ0n) is 9.67. The van der Waals surface area contributed by atoms with Crippen LogP contribution >= 0.6 is 11.8 Å². The van der Waals surface area contributed by atoms with Crippen molar-refractivity contribution in [3.8, 4) is 0 Å². The molecule has 0 aromatic carbocycles. The molecular formula is C11H22O2S.